The van der Waals surface area contributed by atoms with Crippen LogP contribution in [0.25, 0.3) is 55.8 Å². The number of fused-ring (bicyclic) bond motifs is 2. The van der Waals surface area contributed by atoms with E-state index in [9.17, 15) is 9.18 Å². The number of nitrogens with zero attached hydrogens (tertiary/aromatic N) is 6. The number of carbonyl (C=O) groups excluding carboxylic acids is 1. The smallest absolute Gasteiger partial charge is 0.255 e. The van der Waals surface area contributed by atoms with E-state index in [0.29, 0.717) is 63.0 Å². The zero-order chi connectivity index (χ0) is 32.5. The molecule has 11 nitrogen and oxygen atoms in total. The number of hydrogen-bond donors (Lipinski definition) is 3. The van der Waals surface area contributed by atoms with Crippen LogP contribution in [0.15, 0.2) is 91.6 Å². The average Bonchev–Trinajstić information content (AvgIpc) is 3.88. The first kappa shape index (κ1) is 29.4. The summed E-state index contributed by atoms with van der Waals surface area (Å²) in [6.45, 7) is 3.46. The molecule has 1 aliphatic heterocycles. The van der Waals surface area contributed by atoms with E-state index < -0.39 is 5.82 Å². The molecule has 7 aromatic rings. The van der Waals surface area contributed by atoms with Crippen LogP contribution in [0.2, 0.25) is 0 Å². The number of imidazole rings is 1. The zero-order valence-electron chi connectivity index (χ0n) is 25.8. The number of carbonyl (C=O) groups is 1. The molecule has 1 amide bonds. The molecule has 6 heterocycles. The lowest BCUT2D eigenvalue weighted by Crippen LogP contribution is -2.25. The molecule has 0 radical (unpaired) electrons. The first-order valence-electron chi connectivity index (χ1n) is 15.7. The molecule has 0 aliphatic carbocycles. The van der Waals surface area contributed by atoms with Gasteiger partial charge in [0, 0.05) is 47.1 Å². The number of aromatic amines is 2. The van der Waals surface area contributed by atoms with Gasteiger partial charge in [-0.2, -0.15) is 5.10 Å². The number of aromatic nitrogens is 7. The number of pyridine rings is 3. The third-order valence-corrected chi connectivity index (χ3v) is 8.45. The lowest BCUT2D eigenvalue weighted by atomic mass is 10.1. The van der Waals surface area contributed by atoms with E-state index in [1.807, 2.05) is 36.4 Å². The summed E-state index contributed by atoms with van der Waals surface area (Å²) in [6, 6.07) is 17.4. The van der Waals surface area contributed by atoms with Gasteiger partial charge in [0.05, 0.1) is 46.5 Å². The Labute approximate surface area is 274 Å². The Balaban J connectivity index is 1.08. The fraction of sp³-hybridized carbons (Fsp3) is 0.167. The highest BCUT2D eigenvalue weighted by Crippen LogP contribution is 2.34. The topological polar surface area (TPSA) is 138 Å². The van der Waals surface area contributed by atoms with Crippen molar-refractivity contribution in [1.82, 2.24) is 40.0 Å². The van der Waals surface area contributed by atoms with E-state index in [1.54, 1.807) is 43.1 Å². The Morgan fingerprint density at radius 3 is 2.65 bits per heavy atom. The SMILES string of the molecule is O=C(Nc1cncc(-c2cc3c(-c4nc5c(-c6cc(F)cc(OCCN7CCCC7)c6)cncc5[nH]4)n[nH]c3cn2)c1)c1ccccc1. The molecule has 1 fully saturated rings. The van der Waals surface area contributed by atoms with Gasteiger partial charge in [-0.15, -0.1) is 0 Å². The Morgan fingerprint density at radius 1 is 0.917 bits per heavy atom. The summed E-state index contributed by atoms with van der Waals surface area (Å²) < 4.78 is 20.8. The van der Waals surface area contributed by atoms with Crippen LogP contribution in [-0.4, -0.2) is 72.2 Å². The monoisotopic (exact) mass is 639 g/mol. The second kappa shape index (κ2) is 12.6. The first-order chi connectivity index (χ1) is 23.6. The van der Waals surface area contributed by atoms with E-state index in [-0.39, 0.29) is 5.91 Å². The maximum atomic E-state index is 14.8. The summed E-state index contributed by atoms with van der Waals surface area (Å²) in [7, 11) is 0. The first-order valence-corrected chi connectivity index (χ1v) is 15.7. The predicted octanol–water partition coefficient (Wildman–Crippen LogP) is 6.49. The summed E-state index contributed by atoms with van der Waals surface area (Å²) in [5.41, 5.74) is 6.36. The molecule has 0 unspecified atom stereocenters. The normalized spacial score (nSPS) is 13.4. The standard InChI is InChI=1S/C36H30FN9O2/c37-25-12-23(14-27(15-25)48-11-10-46-8-4-5-9-46)29-19-39-20-32-33(29)43-35(42-32)34-28-16-30(40-21-31(28)44-45-34)24-13-26(18-38-17-24)41-36(47)22-6-2-1-3-7-22/h1-3,6-7,12-21H,4-5,8-11H2,(H,41,47)(H,42,43)(H,44,45). The maximum Gasteiger partial charge on any atom is 0.255 e. The number of rotatable bonds is 9. The van der Waals surface area contributed by atoms with Gasteiger partial charge in [0.25, 0.3) is 5.91 Å². The van der Waals surface area contributed by atoms with E-state index in [2.05, 4.69) is 40.3 Å². The summed E-state index contributed by atoms with van der Waals surface area (Å²) in [4.78, 5) is 36.6. The quantitative estimate of drug-likeness (QED) is 0.163. The highest BCUT2D eigenvalue weighted by atomic mass is 19.1. The Bertz CT molecular complexity index is 2260. The maximum absolute atomic E-state index is 14.8. The van der Waals surface area contributed by atoms with Gasteiger partial charge in [0.1, 0.15) is 23.9 Å². The van der Waals surface area contributed by atoms with Crippen LogP contribution in [0.5, 0.6) is 5.75 Å². The van der Waals surface area contributed by atoms with Gasteiger partial charge in [-0.1, -0.05) is 18.2 Å². The van der Waals surface area contributed by atoms with Crippen molar-refractivity contribution in [2.75, 3.05) is 31.6 Å². The number of halogens is 1. The van der Waals surface area contributed by atoms with Gasteiger partial charge in [-0.3, -0.25) is 29.7 Å². The zero-order valence-corrected chi connectivity index (χ0v) is 25.8. The fourth-order valence-electron chi connectivity index (χ4n) is 6.05. The lowest BCUT2D eigenvalue weighted by Gasteiger charge is -2.15. The highest BCUT2D eigenvalue weighted by Gasteiger charge is 2.18. The van der Waals surface area contributed by atoms with Crippen molar-refractivity contribution in [2.24, 2.45) is 0 Å². The lowest BCUT2D eigenvalue weighted by molar-refractivity contribution is 0.102. The van der Waals surface area contributed by atoms with E-state index >= 15 is 0 Å². The minimum absolute atomic E-state index is 0.228. The number of anilines is 1. The largest absolute Gasteiger partial charge is 0.492 e. The van der Waals surface area contributed by atoms with E-state index in [1.165, 1.54) is 25.0 Å². The Morgan fingerprint density at radius 2 is 1.77 bits per heavy atom. The fourth-order valence-corrected chi connectivity index (χ4v) is 6.05. The molecule has 2 aromatic carbocycles. The van der Waals surface area contributed by atoms with Crippen LogP contribution in [0, 0.1) is 5.82 Å². The Hall–Kier alpha value is -6.01. The summed E-state index contributed by atoms with van der Waals surface area (Å²) >= 11 is 0. The molecule has 8 rings (SSSR count). The number of ether oxygens (including phenoxy) is 1. The third kappa shape index (κ3) is 5.96. The van der Waals surface area contributed by atoms with Crippen molar-refractivity contribution in [3.05, 3.63) is 103 Å². The van der Waals surface area contributed by atoms with Crippen molar-refractivity contribution in [2.45, 2.75) is 12.8 Å². The van der Waals surface area contributed by atoms with Gasteiger partial charge in [0.2, 0.25) is 0 Å². The molecule has 3 N–H and O–H groups in total. The minimum atomic E-state index is -0.395. The van der Waals surface area contributed by atoms with E-state index in [4.69, 9.17) is 9.72 Å². The number of hydrogen-bond acceptors (Lipinski definition) is 8. The number of nitrogens with one attached hydrogen (secondary N) is 3. The Kier molecular flexibility index (Phi) is 7.75. The molecule has 5 aromatic heterocycles. The van der Waals surface area contributed by atoms with Crippen LogP contribution in [0.3, 0.4) is 0 Å². The number of amides is 1. The summed E-state index contributed by atoms with van der Waals surface area (Å²) in [5, 5.41) is 11.3. The predicted molar refractivity (Wildman–Crippen MR) is 181 cm³/mol. The molecule has 0 spiro atoms. The van der Waals surface area contributed by atoms with Crippen molar-refractivity contribution >= 4 is 33.5 Å². The van der Waals surface area contributed by atoms with Gasteiger partial charge < -0.3 is 15.0 Å². The van der Waals surface area contributed by atoms with Gasteiger partial charge in [0.15, 0.2) is 5.82 Å². The van der Waals surface area contributed by atoms with Crippen molar-refractivity contribution < 1.29 is 13.9 Å². The second-order valence-electron chi connectivity index (χ2n) is 11.7. The molecular formula is C36H30FN9O2. The average molecular weight is 640 g/mol. The van der Waals surface area contributed by atoms with Crippen molar-refractivity contribution in [1.29, 1.82) is 0 Å². The van der Waals surface area contributed by atoms with Gasteiger partial charge >= 0.3 is 0 Å². The van der Waals surface area contributed by atoms with Crippen LogP contribution in [0.4, 0.5) is 10.1 Å². The molecule has 238 valence electrons. The second-order valence-corrected chi connectivity index (χ2v) is 11.7. The highest BCUT2D eigenvalue weighted by molar-refractivity contribution is 6.04. The summed E-state index contributed by atoms with van der Waals surface area (Å²) in [5.74, 6) is 0.359. The van der Waals surface area contributed by atoms with Crippen LogP contribution < -0.4 is 10.1 Å². The van der Waals surface area contributed by atoms with Crippen LogP contribution in [0.1, 0.15) is 23.2 Å². The molecular weight excluding hydrogens is 609 g/mol. The molecule has 48 heavy (non-hydrogen) atoms. The molecule has 1 aliphatic rings. The number of likely N-dealkylation sites (tertiary alicyclic amines) is 1. The van der Waals surface area contributed by atoms with Crippen molar-refractivity contribution in [3.8, 4) is 39.7 Å². The molecule has 0 atom stereocenters. The molecule has 0 bridgehead atoms. The van der Waals surface area contributed by atoms with Crippen molar-refractivity contribution in [3.63, 3.8) is 0 Å². The van der Waals surface area contributed by atoms with Crippen LogP contribution >= 0.6 is 0 Å². The third-order valence-electron chi connectivity index (χ3n) is 8.45. The molecule has 0 saturated carbocycles. The number of H-pyrrole nitrogens is 2. The molecule has 12 heteroatoms. The van der Waals surface area contributed by atoms with Gasteiger partial charge in [-0.25, -0.2) is 9.37 Å². The number of benzene rings is 2. The molecule has 1 saturated heterocycles. The van der Waals surface area contributed by atoms with Gasteiger partial charge in [-0.05, 0) is 67.9 Å². The summed E-state index contributed by atoms with van der Waals surface area (Å²) in [6.07, 6.45) is 10.8. The minimum Gasteiger partial charge on any atom is -0.492 e. The van der Waals surface area contributed by atoms with Crippen LogP contribution in [-0.2, 0) is 0 Å². The van der Waals surface area contributed by atoms with E-state index in [0.717, 1.165) is 36.1 Å².